The van der Waals surface area contributed by atoms with Crippen molar-refractivity contribution in [2.75, 3.05) is 6.61 Å². The smallest absolute Gasteiger partial charge is 0.0592 e. The number of rotatable bonds is 5. The van der Waals surface area contributed by atoms with E-state index >= 15 is 0 Å². The standard InChI is InChI=1S/C9H20O2/c1-4-5-9(11)8(6-10)7(2)3/h7-11H,4-6H2,1-3H3/t8?,9-/m1/s1. The Morgan fingerprint density at radius 2 is 1.82 bits per heavy atom. The summed E-state index contributed by atoms with van der Waals surface area (Å²) in [6.07, 6.45) is 1.44. The Labute approximate surface area is 69.2 Å². The molecule has 68 valence electrons. The van der Waals surface area contributed by atoms with E-state index in [9.17, 15) is 5.11 Å². The average molecular weight is 160 g/mol. The van der Waals surface area contributed by atoms with E-state index in [4.69, 9.17) is 5.11 Å². The largest absolute Gasteiger partial charge is 0.396 e. The molecule has 0 aliphatic rings. The summed E-state index contributed by atoms with van der Waals surface area (Å²) in [5.41, 5.74) is 0. The van der Waals surface area contributed by atoms with Crippen LogP contribution in [0.25, 0.3) is 0 Å². The second-order valence-electron chi connectivity index (χ2n) is 3.45. The highest BCUT2D eigenvalue weighted by molar-refractivity contribution is 4.70. The van der Waals surface area contributed by atoms with Crippen molar-refractivity contribution < 1.29 is 10.2 Å². The zero-order chi connectivity index (χ0) is 8.85. The molecule has 0 aliphatic carbocycles. The fourth-order valence-corrected chi connectivity index (χ4v) is 1.29. The molecule has 0 rings (SSSR count). The number of aliphatic hydroxyl groups is 2. The van der Waals surface area contributed by atoms with E-state index in [1.165, 1.54) is 0 Å². The second-order valence-corrected chi connectivity index (χ2v) is 3.45. The molecule has 11 heavy (non-hydrogen) atoms. The van der Waals surface area contributed by atoms with Crippen molar-refractivity contribution in [2.24, 2.45) is 11.8 Å². The van der Waals surface area contributed by atoms with Crippen LogP contribution in [0.1, 0.15) is 33.6 Å². The minimum absolute atomic E-state index is 0.0509. The van der Waals surface area contributed by atoms with E-state index in [0.29, 0.717) is 5.92 Å². The van der Waals surface area contributed by atoms with Gasteiger partial charge in [0.2, 0.25) is 0 Å². The monoisotopic (exact) mass is 160 g/mol. The van der Waals surface area contributed by atoms with Gasteiger partial charge in [0.25, 0.3) is 0 Å². The Balaban J connectivity index is 3.81. The highest BCUT2D eigenvalue weighted by Gasteiger charge is 2.20. The van der Waals surface area contributed by atoms with E-state index in [0.717, 1.165) is 12.8 Å². The molecule has 0 aromatic carbocycles. The van der Waals surface area contributed by atoms with Crippen LogP contribution in [0.5, 0.6) is 0 Å². The maximum atomic E-state index is 9.52. The molecule has 0 aliphatic heterocycles. The van der Waals surface area contributed by atoms with E-state index in [1.54, 1.807) is 0 Å². The minimum Gasteiger partial charge on any atom is -0.396 e. The molecule has 2 heteroatoms. The molecule has 2 atom stereocenters. The maximum absolute atomic E-state index is 9.52. The van der Waals surface area contributed by atoms with Crippen LogP contribution in [-0.4, -0.2) is 22.9 Å². The molecule has 2 N–H and O–H groups in total. The Morgan fingerprint density at radius 1 is 1.27 bits per heavy atom. The first-order chi connectivity index (χ1) is 5.13. The third-order valence-electron chi connectivity index (χ3n) is 2.15. The zero-order valence-electron chi connectivity index (χ0n) is 7.75. The predicted octanol–water partition coefficient (Wildman–Crippen LogP) is 1.41. The van der Waals surface area contributed by atoms with E-state index in [1.807, 2.05) is 20.8 Å². The zero-order valence-corrected chi connectivity index (χ0v) is 7.75. The first-order valence-corrected chi connectivity index (χ1v) is 4.42. The van der Waals surface area contributed by atoms with Crippen LogP contribution in [0.4, 0.5) is 0 Å². The van der Waals surface area contributed by atoms with Gasteiger partial charge in [0, 0.05) is 12.5 Å². The minimum atomic E-state index is -0.329. The maximum Gasteiger partial charge on any atom is 0.0592 e. The summed E-state index contributed by atoms with van der Waals surface area (Å²) in [5, 5.41) is 18.5. The Bertz CT molecular complexity index is 91.6. The lowest BCUT2D eigenvalue weighted by molar-refractivity contribution is 0.0357. The normalized spacial score (nSPS) is 16.9. The van der Waals surface area contributed by atoms with Gasteiger partial charge in [-0.2, -0.15) is 0 Å². The third kappa shape index (κ3) is 3.73. The molecule has 0 radical (unpaired) electrons. The molecule has 0 spiro atoms. The second kappa shape index (κ2) is 5.56. The SMILES string of the molecule is CCC[C@@H](O)C(CO)C(C)C. The summed E-state index contributed by atoms with van der Waals surface area (Å²) in [6.45, 7) is 6.19. The fraction of sp³-hybridized carbons (Fsp3) is 1.00. The van der Waals surface area contributed by atoms with Crippen LogP contribution < -0.4 is 0 Å². The molecule has 1 unspecified atom stereocenters. The molecule has 0 bridgehead atoms. The number of aliphatic hydroxyl groups excluding tert-OH is 2. The molecule has 0 amide bonds. The lowest BCUT2D eigenvalue weighted by atomic mass is 9.89. The van der Waals surface area contributed by atoms with Crippen LogP contribution in [0.2, 0.25) is 0 Å². The highest BCUT2D eigenvalue weighted by atomic mass is 16.3. The van der Waals surface area contributed by atoms with Gasteiger partial charge in [-0.05, 0) is 12.3 Å². The molecular formula is C9H20O2. The van der Waals surface area contributed by atoms with Gasteiger partial charge >= 0.3 is 0 Å². The first-order valence-electron chi connectivity index (χ1n) is 4.42. The number of hydrogen-bond acceptors (Lipinski definition) is 2. The Hall–Kier alpha value is -0.0800. The first kappa shape index (κ1) is 10.9. The quantitative estimate of drug-likeness (QED) is 0.638. The molecule has 0 saturated carbocycles. The average Bonchev–Trinajstić information content (AvgIpc) is 1.88. The van der Waals surface area contributed by atoms with Gasteiger partial charge in [-0.25, -0.2) is 0 Å². The summed E-state index contributed by atoms with van der Waals surface area (Å²) in [4.78, 5) is 0. The van der Waals surface area contributed by atoms with Crippen LogP contribution >= 0.6 is 0 Å². The summed E-state index contributed by atoms with van der Waals surface area (Å²) in [5.74, 6) is 0.413. The van der Waals surface area contributed by atoms with Crippen LogP contribution in [0, 0.1) is 11.8 Å². The highest BCUT2D eigenvalue weighted by Crippen LogP contribution is 2.17. The van der Waals surface area contributed by atoms with Gasteiger partial charge < -0.3 is 10.2 Å². The van der Waals surface area contributed by atoms with Gasteiger partial charge in [-0.1, -0.05) is 27.2 Å². The Kier molecular flexibility index (Phi) is 5.51. The van der Waals surface area contributed by atoms with Gasteiger partial charge in [0.05, 0.1) is 6.10 Å². The summed E-state index contributed by atoms with van der Waals surface area (Å²) in [6, 6.07) is 0. The van der Waals surface area contributed by atoms with Crippen molar-refractivity contribution in [2.45, 2.75) is 39.7 Å². The van der Waals surface area contributed by atoms with Crippen LogP contribution in [0.15, 0.2) is 0 Å². The predicted molar refractivity (Wildman–Crippen MR) is 46.3 cm³/mol. The number of hydrogen-bond donors (Lipinski definition) is 2. The van der Waals surface area contributed by atoms with E-state index in [-0.39, 0.29) is 18.6 Å². The van der Waals surface area contributed by atoms with Crippen molar-refractivity contribution in [3.8, 4) is 0 Å². The van der Waals surface area contributed by atoms with E-state index < -0.39 is 0 Å². The van der Waals surface area contributed by atoms with Crippen molar-refractivity contribution in [1.82, 2.24) is 0 Å². The fourth-order valence-electron chi connectivity index (χ4n) is 1.29. The van der Waals surface area contributed by atoms with Crippen molar-refractivity contribution in [1.29, 1.82) is 0 Å². The molecule has 2 nitrogen and oxygen atoms in total. The molecule has 0 aromatic rings. The van der Waals surface area contributed by atoms with Gasteiger partial charge in [-0.15, -0.1) is 0 Å². The third-order valence-corrected chi connectivity index (χ3v) is 2.15. The van der Waals surface area contributed by atoms with Gasteiger partial charge in [0.1, 0.15) is 0 Å². The van der Waals surface area contributed by atoms with Crippen molar-refractivity contribution >= 4 is 0 Å². The van der Waals surface area contributed by atoms with Gasteiger partial charge in [-0.3, -0.25) is 0 Å². The van der Waals surface area contributed by atoms with Crippen LogP contribution in [-0.2, 0) is 0 Å². The van der Waals surface area contributed by atoms with Crippen LogP contribution in [0.3, 0.4) is 0 Å². The summed E-state index contributed by atoms with van der Waals surface area (Å²) in [7, 11) is 0. The molecule has 0 aromatic heterocycles. The Morgan fingerprint density at radius 3 is 2.09 bits per heavy atom. The van der Waals surface area contributed by atoms with Gasteiger partial charge in [0.15, 0.2) is 0 Å². The molecule has 0 fully saturated rings. The van der Waals surface area contributed by atoms with E-state index in [2.05, 4.69) is 0 Å². The molecule has 0 heterocycles. The van der Waals surface area contributed by atoms with Crippen molar-refractivity contribution in [3.63, 3.8) is 0 Å². The molecular weight excluding hydrogens is 140 g/mol. The topological polar surface area (TPSA) is 40.5 Å². The lowest BCUT2D eigenvalue weighted by Gasteiger charge is -2.23. The molecule has 0 saturated heterocycles. The summed E-state index contributed by atoms with van der Waals surface area (Å²) >= 11 is 0. The lowest BCUT2D eigenvalue weighted by Crippen LogP contribution is -2.28. The van der Waals surface area contributed by atoms with Crippen molar-refractivity contribution in [3.05, 3.63) is 0 Å². The summed E-state index contributed by atoms with van der Waals surface area (Å²) < 4.78 is 0.